The van der Waals surface area contributed by atoms with Crippen LogP contribution in [0.2, 0.25) is 0 Å². The van der Waals surface area contributed by atoms with Crippen molar-refractivity contribution in [2.24, 2.45) is 0 Å². The number of ether oxygens (including phenoxy) is 1. The van der Waals surface area contributed by atoms with Gasteiger partial charge in [-0.25, -0.2) is 0 Å². The van der Waals surface area contributed by atoms with Gasteiger partial charge in [0.1, 0.15) is 0 Å². The molecule has 0 aromatic heterocycles. The van der Waals surface area contributed by atoms with Crippen LogP contribution in [0.1, 0.15) is 25.5 Å². The maximum Gasteiger partial charge on any atom is 0.160 e. The largest absolute Gasteiger partial charge is 0.504 e. The minimum atomic E-state index is -0.178. The number of aliphatic hydroxyl groups is 1. The number of nitrogens with one attached hydrogen (secondary N) is 1. The van der Waals surface area contributed by atoms with Crippen LogP contribution in [0.4, 0.5) is 0 Å². The van der Waals surface area contributed by atoms with E-state index in [0.717, 1.165) is 31.7 Å². The van der Waals surface area contributed by atoms with Gasteiger partial charge in [0.2, 0.25) is 0 Å². The summed E-state index contributed by atoms with van der Waals surface area (Å²) in [4.78, 5) is 2.31. The van der Waals surface area contributed by atoms with Crippen LogP contribution in [-0.4, -0.2) is 55.0 Å². The molecule has 0 aliphatic carbocycles. The van der Waals surface area contributed by atoms with Gasteiger partial charge in [0, 0.05) is 13.1 Å². The van der Waals surface area contributed by atoms with E-state index in [0.29, 0.717) is 5.75 Å². The fraction of sp³-hybridized carbons (Fsp3) is 0.600. The average molecular weight is 282 g/mol. The molecule has 1 unspecified atom stereocenters. The third-order valence-electron chi connectivity index (χ3n) is 3.50. The molecule has 1 atom stereocenters. The summed E-state index contributed by atoms with van der Waals surface area (Å²) >= 11 is 0. The summed E-state index contributed by atoms with van der Waals surface area (Å²) in [7, 11) is 1.51. The molecule has 0 saturated carbocycles. The molecular formula is C15H26N2O3. The van der Waals surface area contributed by atoms with E-state index >= 15 is 0 Å². The summed E-state index contributed by atoms with van der Waals surface area (Å²) in [6.07, 6.45) is 0. The third kappa shape index (κ3) is 4.67. The van der Waals surface area contributed by atoms with Crippen molar-refractivity contribution in [3.05, 3.63) is 23.8 Å². The van der Waals surface area contributed by atoms with Crippen molar-refractivity contribution >= 4 is 0 Å². The molecule has 1 aromatic carbocycles. The molecule has 1 rings (SSSR count). The number of phenolic OH excluding ortho intramolecular Hbond substituents is 1. The topological polar surface area (TPSA) is 65.0 Å². The average Bonchev–Trinajstić information content (AvgIpc) is 2.47. The Labute approximate surface area is 121 Å². The van der Waals surface area contributed by atoms with Crippen molar-refractivity contribution in [3.8, 4) is 11.5 Å². The quantitative estimate of drug-likeness (QED) is 0.638. The van der Waals surface area contributed by atoms with E-state index in [9.17, 15) is 10.2 Å². The van der Waals surface area contributed by atoms with Gasteiger partial charge in [0.15, 0.2) is 11.5 Å². The number of nitrogens with zero attached hydrogens (tertiary/aromatic N) is 1. The molecule has 5 heteroatoms. The molecule has 0 fully saturated rings. The van der Waals surface area contributed by atoms with Crippen molar-refractivity contribution in [1.82, 2.24) is 10.2 Å². The lowest BCUT2D eigenvalue weighted by atomic mass is 10.1. The van der Waals surface area contributed by atoms with Crippen LogP contribution in [-0.2, 0) is 0 Å². The zero-order valence-electron chi connectivity index (χ0n) is 12.6. The predicted molar refractivity (Wildman–Crippen MR) is 80.3 cm³/mol. The van der Waals surface area contributed by atoms with Gasteiger partial charge in [-0.05, 0) is 30.8 Å². The number of methoxy groups -OCH3 is 1. The standard InChI is InChI=1S/C15H26N2O3/c1-4-17(5-2)9-8-16-13(11-18)12-6-7-15(20-3)14(19)10-12/h6-7,10,13,16,18-19H,4-5,8-9,11H2,1-3H3. The summed E-state index contributed by atoms with van der Waals surface area (Å²) in [5.74, 6) is 0.530. The van der Waals surface area contributed by atoms with E-state index < -0.39 is 0 Å². The Balaban J connectivity index is 2.59. The number of hydrogen-bond acceptors (Lipinski definition) is 5. The first-order valence-electron chi connectivity index (χ1n) is 7.09. The number of rotatable bonds is 9. The zero-order chi connectivity index (χ0) is 15.0. The summed E-state index contributed by atoms with van der Waals surface area (Å²) < 4.78 is 5.02. The Hall–Kier alpha value is -1.30. The number of aliphatic hydroxyl groups excluding tert-OH is 1. The van der Waals surface area contributed by atoms with Crippen molar-refractivity contribution in [1.29, 1.82) is 0 Å². The lowest BCUT2D eigenvalue weighted by molar-refractivity contribution is 0.233. The summed E-state index contributed by atoms with van der Waals surface area (Å²) in [5, 5.41) is 22.6. The molecule has 5 nitrogen and oxygen atoms in total. The normalized spacial score (nSPS) is 12.7. The summed E-state index contributed by atoms with van der Waals surface area (Å²) in [6.45, 7) is 8.02. The fourth-order valence-electron chi connectivity index (χ4n) is 2.15. The molecule has 0 aliphatic rings. The molecular weight excluding hydrogens is 256 g/mol. The molecule has 20 heavy (non-hydrogen) atoms. The smallest absolute Gasteiger partial charge is 0.160 e. The van der Waals surface area contributed by atoms with Gasteiger partial charge in [-0.2, -0.15) is 0 Å². The maximum absolute atomic E-state index is 9.78. The van der Waals surface area contributed by atoms with Crippen LogP contribution in [0, 0.1) is 0 Å². The minimum Gasteiger partial charge on any atom is -0.504 e. The Morgan fingerprint density at radius 1 is 1.30 bits per heavy atom. The van der Waals surface area contributed by atoms with Gasteiger partial charge in [0.05, 0.1) is 19.8 Å². The Morgan fingerprint density at radius 2 is 2.00 bits per heavy atom. The van der Waals surface area contributed by atoms with Crippen LogP contribution < -0.4 is 10.1 Å². The second-order valence-corrected chi connectivity index (χ2v) is 4.65. The van der Waals surface area contributed by atoms with Crippen molar-refractivity contribution < 1.29 is 14.9 Å². The van der Waals surface area contributed by atoms with E-state index in [1.165, 1.54) is 7.11 Å². The van der Waals surface area contributed by atoms with Crippen molar-refractivity contribution in [3.63, 3.8) is 0 Å². The lowest BCUT2D eigenvalue weighted by Crippen LogP contribution is -2.34. The second kappa shape index (κ2) is 8.79. The van der Waals surface area contributed by atoms with E-state index in [2.05, 4.69) is 24.1 Å². The van der Waals surface area contributed by atoms with Gasteiger partial charge < -0.3 is 25.2 Å². The molecule has 0 radical (unpaired) electrons. The van der Waals surface area contributed by atoms with Crippen LogP contribution in [0.3, 0.4) is 0 Å². The zero-order valence-corrected chi connectivity index (χ0v) is 12.6. The van der Waals surface area contributed by atoms with E-state index in [1.807, 2.05) is 6.07 Å². The summed E-state index contributed by atoms with van der Waals surface area (Å²) in [6, 6.07) is 5.01. The minimum absolute atomic E-state index is 0.00990. The molecule has 0 amide bonds. The van der Waals surface area contributed by atoms with Gasteiger partial charge in [-0.15, -0.1) is 0 Å². The van der Waals surface area contributed by atoms with Gasteiger partial charge in [-0.1, -0.05) is 19.9 Å². The number of aromatic hydroxyl groups is 1. The molecule has 3 N–H and O–H groups in total. The third-order valence-corrected chi connectivity index (χ3v) is 3.50. The van der Waals surface area contributed by atoms with Crippen LogP contribution >= 0.6 is 0 Å². The molecule has 0 aliphatic heterocycles. The monoisotopic (exact) mass is 282 g/mol. The Kier molecular flexibility index (Phi) is 7.36. The maximum atomic E-state index is 9.78. The van der Waals surface area contributed by atoms with E-state index in [4.69, 9.17) is 4.74 Å². The highest BCUT2D eigenvalue weighted by Crippen LogP contribution is 2.28. The molecule has 114 valence electrons. The highest BCUT2D eigenvalue weighted by Gasteiger charge is 2.12. The Bertz CT molecular complexity index is 395. The molecule has 0 bridgehead atoms. The first-order valence-corrected chi connectivity index (χ1v) is 7.09. The van der Waals surface area contributed by atoms with Crippen molar-refractivity contribution in [2.75, 3.05) is 39.9 Å². The van der Waals surface area contributed by atoms with Gasteiger partial charge in [-0.3, -0.25) is 0 Å². The second-order valence-electron chi connectivity index (χ2n) is 4.65. The van der Waals surface area contributed by atoms with Gasteiger partial charge in [0.25, 0.3) is 0 Å². The Morgan fingerprint density at radius 3 is 2.50 bits per heavy atom. The lowest BCUT2D eigenvalue weighted by Gasteiger charge is -2.22. The summed E-state index contributed by atoms with van der Waals surface area (Å²) in [5.41, 5.74) is 0.852. The molecule has 0 saturated heterocycles. The highest BCUT2D eigenvalue weighted by molar-refractivity contribution is 5.42. The first-order chi connectivity index (χ1) is 9.65. The SMILES string of the molecule is CCN(CC)CCNC(CO)c1ccc(OC)c(O)c1. The van der Waals surface area contributed by atoms with Crippen LogP contribution in [0.15, 0.2) is 18.2 Å². The van der Waals surface area contributed by atoms with E-state index in [-0.39, 0.29) is 18.4 Å². The predicted octanol–water partition coefficient (Wildman–Crippen LogP) is 1.37. The fourth-order valence-corrected chi connectivity index (χ4v) is 2.15. The number of phenols is 1. The van der Waals surface area contributed by atoms with Crippen LogP contribution in [0.25, 0.3) is 0 Å². The molecule has 1 aromatic rings. The molecule has 0 spiro atoms. The van der Waals surface area contributed by atoms with Crippen LogP contribution in [0.5, 0.6) is 11.5 Å². The number of hydrogen-bond donors (Lipinski definition) is 3. The number of likely N-dealkylation sites (N-methyl/N-ethyl adjacent to an activating group) is 1. The molecule has 0 heterocycles. The first kappa shape index (κ1) is 16.8. The van der Waals surface area contributed by atoms with E-state index in [1.54, 1.807) is 12.1 Å². The highest BCUT2D eigenvalue weighted by atomic mass is 16.5. The van der Waals surface area contributed by atoms with Gasteiger partial charge >= 0.3 is 0 Å². The van der Waals surface area contributed by atoms with Crippen molar-refractivity contribution in [2.45, 2.75) is 19.9 Å². The number of benzene rings is 1.